The van der Waals surface area contributed by atoms with Crippen molar-refractivity contribution in [3.8, 4) is 5.75 Å². The Balaban J connectivity index is 1.95. The molecular formula is C29H51O8P. The molecule has 1 aromatic carbocycles. The third-order valence-corrected chi connectivity index (χ3v) is 7.98. The van der Waals surface area contributed by atoms with Gasteiger partial charge < -0.3 is 33.1 Å². The van der Waals surface area contributed by atoms with E-state index in [-0.39, 0.29) is 24.6 Å². The first-order valence-corrected chi connectivity index (χ1v) is 16.2. The second kappa shape index (κ2) is 20.8. The van der Waals surface area contributed by atoms with Gasteiger partial charge in [0, 0.05) is 26.4 Å². The molecule has 0 saturated carbocycles. The first-order valence-electron chi connectivity index (χ1n) is 14.6. The molecule has 1 saturated heterocycles. The Kier molecular flexibility index (Phi) is 18.2. The minimum Gasteiger partial charge on any atom is -0.490 e. The maximum atomic E-state index is 13.0. The van der Waals surface area contributed by atoms with Gasteiger partial charge in [-0.15, -0.1) is 0 Å². The van der Waals surface area contributed by atoms with Gasteiger partial charge in [0.05, 0.1) is 26.4 Å². The van der Waals surface area contributed by atoms with E-state index in [9.17, 15) is 9.46 Å². The molecule has 0 bridgehead atoms. The summed E-state index contributed by atoms with van der Waals surface area (Å²) in [5.41, 5.74) is 1.02. The van der Waals surface area contributed by atoms with E-state index < -0.39 is 7.60 Å². The van der Waals surface area contributed by atoms with Crippen molar-refractivity contribution >= 4 is 12.9 Å². The molecule has 0 radical (unpaired) electrons. The van der Waals surface area contributed by atoms with E-state index in [2.05, 4.69) is 6.92 Å². The summed E-state index contributed by atoms with van der Waals surface area (Å²) >= 11 is 0. The first kappa shape index (κ1) is 33.2. The molecule has 2 atom stereocenters. The zero-order valence-electron chi connectivity index (χ0n) is 23.7. The predicted octanol–water partition coefficient (Wildman–Crippen LogP) is 5.82. The number of hydrogen-bond acceptors (Lipinski definition) is 7. The molecule has 1 aliphatic heterocycles. The van der Waals surface area contributed by atoms with Crippen molar-refractivity contribution in [3.63, 3.8) is 0 Å². The van der Waals surface area contributed by atoms with Gasteiger partial charge in [0.2, 0.25) is 0 Å². The van der Waals surface area contributed by atoms with Crippen molar-refractivity contribution in [1.29, 1.82) is 0 Å². The van der Waals surface area contributed by atoms with Gasteiger partial charge in [0.1, 0.15) is 23.8 Å². The van der Waals surface area contributed by atoms with Crippen LogP contribution in [0.3, 0.4) is 0 Å². The summed E-state index contributed by atoms with van der Waals surface area (Å²) in [4.78, 5) is 10.7. The molecule has 2 rings (SSSR count). The molecule has 1 fully saturated rings. The number of ether oxygens (including phenoxy) is 5. The highest BCUT2D eigenvalue weighted by atomic mass is 31.2. The summed E-state index contributed by atoms with van der Waals surface area (Å²) in [7, 11) is -4.02. The van der Waals surface area contributed by atoms with Crippen LogP contribution in [0.15, 0.2) is 18.2 Å². The van der Waals surface area contributed by atoms with Crippen LogP contribution >= 0.6 is 7.60 Å². The number of aryl methyl sites for hydroxylation is 1. The van der Waals surface area contributed by atoms with Crippen LogP contribution in [0, 0.1) is 0 Å². The normalized spacial score (nSPS) is 19.9. The van der Waals surface area contributed by atoms with Crippen LogP contribution in [0.25, 0.3) is 0 Å². The summed E-state index contributed by atoms with van der Waals surface area (Å²) in [5.74, 6) is 0.351. The fraction of sp³-hybridized carbons (Fsp3) is 0.793. The smallest absolute Gasteiger partial charge is 0.362 e. The van der Waals surface area contributed by atoms with Crippen molar-refractivity contribution < 1.29 is 37.7 Å². The highest BCUT2D eigenvalue weighted by Crippen LogP contribution is 2.44. The molecule has 220 valence electrons. The summed E-state index contributed by atoms with van der Waals surface area (Å²) < 4.78 is 47.2. The van der Waals surface area contributed by atoms with Crippen LogP contribution in [-0.2, 0) is 34.5 Å². The summed E-state index contributed by atoms with van der Waals surface area (Å²) in [5, 5.41) is 0.212. The summed E-state index contributed by atoms with van der Waals surface area (Å²) in [6, 6.07) is 5.54. The van der Waals surface area contributed by atoms with E-state index in [1.165, 1.54) is 38.5 Å². The lowest BCUT2D eigenvalue weighted by atomic mass is 10.0. The van der Waals surface area contributed by atoms with Crippen LogP contribution < -0.4 is 10.0 Å². The minimum atomic E-state index is -4.02. The second-order valence-corrected chi connectivity index (χ2v) is 11.6. The van der Waals surface area contributed by atoms with Crippen molar-refractivity contribution in [2.24, 2.45) is 0 Å². The lowest BCUT2D eigenvalue weighted by Gasteiger charge is -2.22. The van der Waals surface area contributed by atoms with Crippen molar-refractivity contribution in [3.05, 3.63) is 23.8 Å². The Bertz CT molecular complexity index is 761. The van der Waals surface area contributed by atoms with Crippen LogP contribution in [0.5, 0.6) is 5.75 Å². The highest BCUT2D eigenvalue weighted by Gasteiger charge is 2.28. The van der Waals surface area contributed by atoms with E-state index in [4.69, 9.17) is 28.2 Å². The van der Waals surface area contributed by atoms with Crippen molar-refractivity contribution in [2.45, 2.75) is 90.6 Å². The maximum absolute atomic E-state index is 13.0. The average molecular weight is 559 g/mol. The minimum absolute atomic E-state index is 0.140. The summed E-state index contributed by atoms with van der Waals surface area (Å²) in [6.45, 7) is 8.13. The fourth-order valence-corrected chi connectivity index (χ4v) is 5.54. The third-order valence-electron chi connectivity index (χ3n) is 6.42. The molecule has 2 unspecified atom stereocenters. The monoisotopic (exact) mass is 558 g/mol. The largest absolute Gasteiger partial charge is 0.490 e. The summed E-state index contributed by atoms with van der Waals surface area (Å²) in [6.07, 6.45) is 12.1. The van der Waals surface area contributed by atoms with Gasteiger partial charge in [-0.05, 0) is 50.3 Å². The predicted molar refractivity (Wildman–Crippen MR) is 151 cm³/mol. The molecule has 0 aromatic heterocycles. The van der Waals surface area contributed by atoms with E-state index in [0.29, 0.717) is 52.0 Å². The highest BCUT2D eigenvalue weighted by molar-refractivity contribution is 7.61. The number of hydrogen-bond donors (Lipinski definition) is 1. The standard InChI is InChI=1S/C29H51O8P/c1-3-5-6-7-8-9-10-11-14-26-15-16-28(29(23-26)38(30,31)37-4-2)36-25-27-24-34-19-12-17-32-21-22-33-18-13-20-35-27/h15-16,23,27H,3-14,17-22,24-25H2,1-2H3,(H,30,31). The Labute approximate surface area is 230 Å². The van der Waals surface area contributed by atoms with Gasteiger partial charge in [0.15, 0.2) is 0 Å². The zero-order chi connectivity index (χ0) is 27.3. The molecule has 1 aliphatic rings. The van der Waals surface area contributed by atoms with Gasteiger partial charge in [0.25, 0.3) is 0 Å². The number of benzene rings is 1. The lowest BCUT2D eigenvalue weighted by molar-refractivity contribution is -0.0515. The Morgan fingerprint density at radius 1 is 0.868 bits per heavy atom. The molecule has 0 aliphatic carbocycles. The third kappa shape index (κ3) is 14.4. The zero-order valence-corrected chi connectivity index (χ0v) is 24.6. The molecule has 1 heterocycles. The number of unbranched alkanes of at least 4 members (excludes halogenated alkanes) is 7. The molecule has 8 nitrogen and oxygen atoms in total. The van der Waals surface area contributed by atoms with Gasteiger partial charge in [-0.3, -0.25) is 4.57 Å². The SMILES string of the molecule is CCCCCCCCCCc1ccc(OCC2COCCCOCCOCCCO2)c(P(=O)(O)OCC)c1. The van der Waals surface area contributed by atoms with Crippen LogP contribution in [0.2, 0.25) is 0 Å². The quantitative estimate of drug-likeness (QED) is 0.213. The van der Waals surface area contributed by atoms with Crippen molar-refractivity contribution in [2.75, 3.05) is 59.5 Å². The average Bonchev–Trinajstić information content (AvgIpc) is 2.91. The van der Waals surface area contributed by atoms with Gasteiger partial charge in [-0.1, -0.05) is 57.9 Å². The Hall–Kier alpha value is -0.990. The van der Waals surface area contributed by atoms with E-state index in [0.717, 1.165) is 37.7 Å². The fourth-order valence-electron chi connectivity index (χ4n) is 4.31. The van der Waals surface area contributed by atoms with Gasteiger partial charge in [-0.2, -0.15) is 0 Å². The molecule has 0 amide bonds. The molecule has 38 heavy (non-hydrogen) atoms. The van der Waals surface area contributed by atoms with Crippen molar-refractivity contribution in [1.82, 2.24) is 0 Å². The number of rotatable bonds is 15. The molecule has 9 heteroatoms. The topological polar surface area (TPSA) is 92.7 Å². The van der Waals surface area contributed by atoms with Crippen LogP contribution in [-0.4, -0.2) is 70.5 Å². The molecule has 0 spiro atoms. The van der Waals surface area contributed by atoms with E-state index in [1.807, 2.05) is 6.07 Å². The first-order chi connectivity index (χ1) is 18.6. The van der Waals surface area contributed by atoms with E-state index in [1.54, 1.807) is 19.1 Å². The molecule has 1 aromatic rings. The second-order valence-electron chi connectivity index (χ2n) is 9.78. The Morgan fingerprint density at radius 3 is 2.24 bits per heavy atom. The van der Waals surface area contributed by atoms with E-state index >= 15 is 0 Å². The molecule has 1 N–H and O–H groups in total. The maximum Gasteiger partial charge on any atom is 0.362 e. The van der Waals surface area contributed by atoms with Gasteiger partial charge in [-0.25, -0.2) is 0 Å². The lowest BCUT2D eigenvalue weighted by Crippen LogP contribution is -2.29. The Morgan fingerprint density at radius 2 is 1.53 bits per heavy atom. The van der Waals surface area contributed by atoms with Crippen LogP contribution in [0.1, 0.15) is 83.6 Å². The van der Waals surface area contributed by atoms with Crippen LogP contribution in [0.4, 0.5) is 0 Å². The van der Waals surface area contributed by atoms with Gasteiger partial charge >= 0.3 is 7.60 Å². The molecular weight excluding hydrogens is 507 g/mol.